The predicted octanol–water partition coefficient (Wildman–Crippen LogP) is 4.45. The smallest absolute Gasteiger partial charge is 0.305 e. The molecule has 0 unspecified atom stereocenters. The third-order valence-electron chi connectivity index (χ3n) is 3.18. The lowest BCUT2D eigenvalue weighted by Gasteiger charge is -2.08. The number of nitriles is 1. The van der Waals surface area contributed by atoms with E-state index in [0.29, 0.717) is 17.2 Å². The highest BCUT2D eigenvalue weighted by Crippen LogP contribution is 2.27. The molecule has 122 valence electrons. The first-order valence-electron chi connectivity index (χ1n) is 7.22. The molecule has 0 bridgehead atoms. The monoisotopic (exact) mass is 333 g/mol. The van der Waals surface area contributed by atoms with Gasteiger partial charge in [0, 0.05) is 12.1 Å². The second-order valence-corrected chi connectivity index (χ2v) is 4.87. The minimum atomic E-state index is -0.662. The van der Waals surface area contributed by atoms with Gasteiger partial charge in [-0.3, -0.25) is 10.1 Å². The van der Waals surface area contributed by atoms with E-state index in [9.17, 15) is 10.1 Å². The van der Waals surface area contributed by atoms with E-state index in [1.165, 1.54) is 12.1 Å². The Balaban J connectivity index is 1.73. The number of hydrogen-bond donors (Lipinski definition) is 0. The Morgan fingerprint density at radius 1 is 0.880 bits per heavy atom. The first-order valence-corrected chi connectivity index (χ1v) is 7.22. The van der Waals surface area contributed by atoms with Crippen LogP contribution in [0.3, 0.4) is 0 Å². The van der Waals surface area contributed by atoms with Gasteiger partial charge in [0.05, 0.1) is 4.92 Å². The first-order chi connectivity index (χ1) is 12.2. The van der Waals surface area contributed by atoms with Gasteiger partial charge in [-0.15, -0.1) is 0 Å². The Labute approximate surface area is 142 Å². The van der Waals surface area contributed by atoms with Crippen LogP contribution in [0.1, 0.15) is 5.69 Å². The molecule has 0 N–H and O–H groups in total. The molecule has 0 spiro atoms. The maximum Gasteiger partial charge on any atom is 0.305 e. The van der Waals surface area contributed by atoms with Gasteiger partial charge in [0.1, 0.15) is 23.3 Å². The molecule has 1 aromatic heterocycles. The zero-order valence-electron chi connectivity index (χ0n) is 12.8. The number of aromatic nitrogens is 1. The molecule has 0 atom stereocenters. The van der Waals surface area contributed by atoms with E-state index in [1.807, 2.05) is 30.3 Å². The average molecular weight is 333 g/mol. The third kappa shape index (κ3) is 3.89. The highest BCUT2D eigenvalue weighted by Gasteiger charge is 2.16. The van der Waals surface area contributed by atoms with E-state index < -0.39 is 4.92 Å². The summed E-state index contributed by atoms with van der Waals surface area (Å²) >= 11 is 0. The quantitative estimate of drug-likeness (QED) is 0.505. The van der Waals surface area contributed by atoms with Crippen LogP contribution in [0.5, 0.6) is 23.1 Å². The molecule has 1 heterocycles. The molecule has 0 radical (unpaired) electrons. The largest absolute Gasteiger partial charge is 0.457 e. The Bertz CT molecular complexity index is 935. The molecule has 0 aliphatic rings. The van der Waals surface area contributed by atoms with Gasteiger partial charge in [-0.25, -0.2) is 0 Å². The Morgan fingerprint density at radius 3 is 2.08 bits per heavy atom. The van der Waals surface area contributed by atoms with Gasteiger partial charge in [-0.2, -0.15) is 10.2 Å². The summed E-state index contributed by atoms with van der Waals surface area (Å²) in [6.45, 7) is 0. The second-order valence-electron chi connectivity index (χ2n) is 4.87. The SMILES string of the molecule is N#Cc1nc(Oc2ccc(Oc3ccccc3)cc2)ccc1[N+](=O)[O-]. The Kier molecular flexibility index (Phi) is 4.53. The molecule has 0 amide bonds. The lowest BCUT2D eigenvalue weighted by atomic mass is 10.3. The van der Waals surface area contributed by atoms with Crippen molar-refractivity contribution in [3.8, 4) is 29.2 Å². The highest BCUT2D eigenvalue weighted by molar-refractivity contribution is 5.46. The maximum atomic E-state index is 10.8. The average Bonchev–Trinajstić information content (AvgIpc) is 2.64. The number of para-hydroxylation sites is 1. The van der Waals surface area contributed by atoms with Crippen molar-refractivity contribution >= 4 is 5.69 Å². The summed E-state index contributed by atoms with van der Waals surface area (Å²) < 4.78 is 11.2. The van der Waals surface area contributed by atoms with Crippen molar-refractivity contribution in [3.63, 3.8) is 0 Å². The standard InChI is InChI=1S/C18H11N3O4/c19-12-16-17(21(22)23)10-11-18(20-16)25-15-8-6-14(7-9-15)24-13-4-2-1-3-5-13/h1-11H. The lowest BCUT2D eigenvalue weighted by Crippen LogP contribution is -1.97. The molecular formula is C18H11N3O4. The van der Waals surface area contributed by atoms with Crippen LogP contribution in [0.25, 0.3) is 0 Å². The molecule has 0 fully saturated rings. The van der Waals surface area contributed by atoms with Crippen LogP contribution in [0.2, 0.25) is 0 Å². The van der Waals surface area contributed by atoms with Crippen molar-refractivity contribution in [2.45, 2.75) is 0 Å². The predicted molar refractivity (Wildman–Crippen MR) is 88.6 cm³/mol. The summed E-state index contributed by atoms with van der Waals surface area (Å²) in [6, 6.07) is 20.3. The Hall–Kier alpha value is -3.92. The van der Waals surface area contributed by atoms with E-state index in [0.717, 1.165) is 0 Å². The summed E-state index contributed by atoms with van der Waals surface area (Å²) in [5, 5.41) is 19.7. The van der Waals surface area contributed by atoms with E-state index in [-0.39, 0.29) is 17.3 Å². The summed E-state index contributed by atoms with van der Waals surface area (Å²) in [6.07, 6.45) is 0. The molecule has 0 aliphatic carbocycles. The van der Waals surface area contributed by atoms with Crippen LogP contribution < -0.4 is 9.47 Å². The molecule has 7 nitrogen and oxygen atoms in total. The number of hydrogen-bond acceptors (Lipinski definition) is 6. The van der Waals surface area contributed by atoms with Gasteiger partial charge in [-0.1, -0.05) is 18.2 Å². The number of nitrogens with zero attached hydrogens (tertiary/aromatic N) is 3. The minimum absolute atomic E-state index is 0.0962. The second kappa shape index (κ2) is 7.10. The highest BCUT2D eigenvalue weighted by atomic mass is 16.6. The van der Waals surface area contributed by atoms with Crippen LogP contribution in [0, 0.1) is 21.4 Å². The minimum Gasteiger partial charge on any atom is -0.457 e. The van der Waals surface area contributed by atoms with Gasteiger partial charge < -0.3 is 9.47 Å². The van der Waals surface area contributed by atoms with Gasteiger partial charge in [0.25, 0.3) is 0 Å². The van der Waals surface area contributed by atoms with Crippen LogP contribution in [-0.4, -0.2) is 9.91 Å². The van der Waals surface area contributed by atoms with Crippen LogP contribution >= 0.6 is 0 Å². The first kappa shape index (κ1) is 16.0. The Morgan fingerprint density at radius 2 is 1.48 bits per heavy atom. The number of nitro groups is 1. The fraction of sp³-hybridized carbons (Fsp3) is 0. The van der Waals surface area contributed by atoms with Crippen molar-refractivity contribution in [2.24, 2.45) is 0 Å². The van der Waals surface area contributed by atoms with Gasteiger partial charge in [0.15, 0.2) is 0 Å². The molecule has 3 rings (SSSR count). The van der Waals surface area contributed by atoms with E-state index in [1.54, 1.807) is 30.3 Å². The summed E-state index contributed by atoms with van der Waals surface area (Å²) in [5.74, 6) is 1.91. The molecule has 3 aromatic rings. The third-order valence-corrected chi connectivity index (χ3v) is 3.18. The lowest BCUT2D eigenvalue weighted by molar-refractivity contribution is -0.385. The molecule has 25 heavy (non-hydrogen) atoms. The number of ether oxygens (including phenoxy) is 2. The van der Waals surface area contributed by atoms with Crippen molar-refractivity contribution in [1.29, 1.82) is 5.26 Å². The van der Waals surface area contributed by atoms with Crippen molar-refractivity contribution in [1.82, 2.24) is 4.98 Å². The fourth-order valence-electron chi connectivity index (χ4n) is 2.04. The molecule has 0 saturated carbocycles. The number of rotatable bonds is 5. The molecule has 7 heteroatoms. The summed E-state index contributed by atoms with van der Waals surface area (Å²) in [7, 11) is 0. The van der Waals surface area contributed by atoms with Crippen LogP contribution in [0.15, 0.2) is 66.7 Å². The van der Waals surface area contributed by atoms with Gasteiger partial charge in [0.2, 0.25) is 11.6 Å². The zero-order valence-corrected chi connectivity index (χ0v) is 12.8. The molecule has 0 aliphatic heterocycles. The normalized spacial score (nSPS) is 9.88. The molecule has 2 aromatic carbocycles. The number of pyridine rings is 1. The van der Waals surface area contributed by atoms with Crippen molar-refractivity contribution in [3.05, 3.63) is 82.5 Å². The zero-order chi connectivity index (χ0) is 17.6. The van der Waals surface area contributed by atoms with Crippen molar-refractivity contribution in [2.75, 3.05) is 0 Å². The maximum absolute atomic E-state index is 10.8. The summed E-state index contributed by atoms with van der Waals surface area (Å²) in [5.41, 5.74) is -0.659. The van der Waals surface area contributed by atoms with E-state index >= 15 is 0 Å². The van der Waals surface area contributed by atoms with E-state index in [2.05, 4.69) is 4.98 Å². The fourth-order valence-corrected chi connectivity index (χ4v) is 2.04. The number of benzene rings is 2. The van der Waals surface area contributed by atoms with Crippen LogP contribution in [0.4, 0.5) is 5.69 Å². The topological polar surface area (TPSA) is 98.3 Å². The van der Waals surface area contributed by atoms with Gasteiger partial charge >= 0.3 is 5.69 Å². The molecule has 0 saturated heterocycles. The van der Waals surface area contributed by atoms with Gasteiger partial charge in [-0.05, 0) is 36.4 Å². The van der Waals surface area contributed by atoms with Crippen molar-refractivity contribution < 1.29 is 14.4 Å². The van der Waals surface area contributed by atoms with Crippen LogP contribution in [-0.2, 0) is 0 Å². The van der Waals surface area contributed by atoms with E-state index in [4.69, 9.17) is 14.7 Å². The molecular weight excluding hydrogens is 322 g/mol. The summed E-state index contributed by atoms with van der Waals surface area (Å²) in [4.78, 5) is 14.0.